The topological polar surface area (TPSA) is 51.2 Å². The molecule has 0 spiro atoms. The maximum Gasteiger partial charge on any atom is 0.177 e. The van der Waals surface area contributed by atoms with Gasteiger partial charge in [-0.25, -0.2) is 0 Å². The zero-order chi connectivity index (χ0) is 21.4. The first-order valence-corrected chi connectivity index (χ1v) is 10.8. The Labute approximate surface area is 186 Å². The number of phenols is 1. The number of hydrogen-bond donors (Lipinski definition) is 1. The van der Waals surface area contributed by atoms with Crippen molar-refractivity contribution in [1.29, 1.82) is 0 Å². The summed E-state index contributed by atoms with van der Waals surface area (Å²) >= 11 is 12.8. The summed E-state index contributed by atoms with van der Waals surface area (Å²) in [5.41, 5.74) is 1.14. The van der Waals surface area contributed by atoms with Gasteiger partial charge in [0.1, 0.15) is 0 Å². The molecular formula is C23H25Cl2NO4. The molecule has 1 unspecified atom stereocenters. The van der Waals surface area contributed by atoms with E-state index in [1.807, 2.05) is 18.2 Å². The number of alkyl halides is 1. The van der Waals surface area contributed by atoms with Gasteiger partial charge in [0.15, 0.2) is 23.0 Å². The number of rotatable bonds is 6. The second kappa shape index (κ2) is 8.58. The minimum absolute atomic E-state index is 0.0720. The van der Waals surface area contributed by atoms with E-state index in [4.69, 9.17) is 37.4 Å². The molecule has 1 aliphatic rings. The van der Waals surface area contributed by atoms with Gasteiger partial charge >= 0.3 is 0 Å². The van der Waals surface area contributed by atoms with Gasteiger partial charge in [0.2, 0.25) is 0 Å². The highest BCUT2D eigenvalue weighted by atomic mass is 35.5. The first kappa shape index (κ1) is 21.2. The van der Waals surface area contributed by atoms with Crippen LogP contribution in [0.2, 0.25) is 5.02 Å². The van der Waals surface area contributed by atoms with Crippen molar-refractivity contribution >= 4 is 44.7 Å². The number of hydrogen-bond acceptors (Lipinski definition) is 5. The molecule has 160 valence electrons. The molecule has 0 aliphatic carbocycles. The predicted molar refractivity (Wildman–Crippen MR) is 122 cm³/mol. The van der Waals surface area contributed by atoms with Crippen LogP contribution in [0.25, 0.3) is 21.5 Å². The van der Waals surface area contributed by atoms with E-state index in [1.54, 1.807) is 14.2 Å². The van der Waals surface area contributed by atoms with Crippen LogP contribution < -0.4 is 14.2 Å². The lowest BCUT2D eigenvalue weighted by Crippen LogP contribution is -2.30. The van der Waals surface area contributed by atoms with Crippen molar-refractivity contribution in [1.82, 2.24) is 4.90 Å². The highest BCUT2D eigenvalue weighted by molar-refractivity contribution is 6.39. The van der Waals surface area contributed by atoms with Crippen LogP contribution in [0.1, 0.15) is 18.4 Å². The second-order valence-electron chi connectivity index (χ2n) is 7.55. The number of halogens is 2. The number of phenolic OH excluding ortho intramolecular Hbond substituents is 1. The molecule has 3 aromatic rings. The fraction of sp³-hybridized carbons (Fsp3) is 0.391. The summed E-state index contributed by atoms with van der Waals surface area (Å²) in [6.45, 7) is 1.78. The fourth-order valence-corrected chi connectivity index (χ4v) is 5.08. The molecule has 1 aliphatic heterocycles. The molecule has 1 atom stereocenters. The van der Waals surface area contributed by atoms with E-state index in [0.717, 1.165) is 53.0 Å². The van der Waals surface area contributed by atoms with Crippen molar-refractivity contribution in [2.45, 2.75) is 25.4 Å². The first-order chi connectivity index (χ1) is 14.5. The lowest BCUT2D eigenvalue weighted by molar-refractivity contribution is 0.264. The molecule has 30 heavy (non-hydrogen) atoms. The average Bonchev–Trinajstić information content (AvgIpc) is 3.22. The number of ether oxygens (including phenoxy) is 3. The highest BCUT2D eigenvalue weighted by Gasteiger charge is 2.25. The Morgan fingerprint density at radius 2 is 1.67 bits per heavy atom. The summed E-state index contributed by atoms with van der Waals surface area (Å²) in [6, 6.07) is 8.20. The average molecular weight is 450 g/mol. The standard InChI is InChI=1S/C23H25Cl2NO4/c1-28-18-9-16-14(12-26-6-4-5-15(26)11-24)7-13-8-20(30-3)23(27)22(25)21(13)17(16)10-19(18)29-2/h7-10,15,27H,4-6,11-12H2,1-3H3. The van der Waals surface area contributed by atoms with Gasteiger partial charge in [-0.3, -0.25) is 4.90 Å². The molecule has 1 fully saturated rings. The lowest BCUT2D eigenvalue weighted by atomic mass is 9.95. The van der Waals surface area contributed by atoms with E-state index in [1.165, 1.54) is 7.11 Å². The van der Waals surface area contributed by atoms with E-state index in [2.05, 4.69) is 11.0 Å². The summed E-state index contributed by atoms with van der Waals surface area (Å²) in [6.07, 6.45) is 2.26. The van der Waals surface area contributed by atoms with E-state index >= 15 is 0 Å². The van der Waals surface area contributed by atoms with E-state index < -0.39 is 0 Å². The SMILES string of the molecule is COc1cc2c(CN3CCCC3CCl)cc3cc(OC)c(O)c(Cl)c3c2cc1OC. The van der Waals surface area contributed by atoms with E-state index in [9.17, 15) is 5.11 Å². The minimum Gasteiger partial charge on any atom is -0.503 e. The summed E-state index contributed by atoms with van der Waals surface area (Å²) in [7, 11) is 4.74. The number of fused-ring (bicyclic) bond motifs is 3. The quantitative estimate of drug-likeness (QED) is 0.393. The Morgan fingerprint density at radius 1 is 1.00 bits per heavy atom. The van der Waals surface area contributed by atoms with Gasteiger partial charge in [-0.15, -0.1) is 11.6 Å². The molecule has 0 amide bonds. The monoisotopic (exact) mass is 449 g/mol. The Bertz CT molecular complexity index is 1100. The zero-order valence-corrected chi connectivity index (χ0v) is 18.8. The normalized spacial score (nSPS) is 17.0. The van der Waals surface area contributed by atoms with Crippen LogP contribution in [0.4, 0.5) is 0 Å². The second-order valence-corrected chi connectivity index (χ2v) is 8.24. The maximum atomic E-state index is 10.5. The molecule has 4 rings (SSSR count). The van der Waals surface area contributed by atoms with Crippen LogP contribution in [0, 0.1) is 0 Å². The molecule has 0 bridgehead atoms. The minimum atomic E-state index is -0.0720. The number of aromatic hydroxyl groups is 1. The van der Waals surface area contributed by atoms with E-state index in [-0.39, 0.29) is 10.8 Å². The Kier molecular flexibility index (Phi) is 6.05. The molecule has 0 radical (unpaired) electrons. The van der Waals surface area contributed by atoms with Gasteiger partial charge in [0.25, 0.3) is 0 Å². The van der Waals surface area contributed by atoms with Gasteiger partial charge in [0.05, 0.1) is 26.4 Å². The summed E-state index contributed by atoms with van der Waals surface area (Å²) in [5.74, 6) is 2.15. The number of methoxy groups -OCH3 is 3. The Hall–Kier alpha value is -2.08. The third-order valence-corrected chi connectivity index (χ3v) is 6.70. The van der Waals surface area contributed by atoms with E-state index in [0.29, 0.717) is 29.2 Å². The van der Waals surface area contributed by atoms with Crippen molar-refractivity contribution in [3.8, 4) is 23.0 Å². The number of likely N-dealkylation sites (tertiary alicyclic amines) is 1. The molecule has 1 saturated heterocycles. The Morgan fingerprint density at radius 3 is 2.30 bits per heavy atom. The summed E-state index contributed by atoms with van der Waals surface area (Å²) < 4.78 is 16.4. The smallest absolute Gasteiger partial charge is 0.177 e. The largest absolute Gasteiger partial charge is 0.503 e. The first-order valence-electron chi connectivity index (χ1n) is 9.89. The van der Waals surface area contributed by atoms with Crippen LogP contribution in [-0.4, -0.2) is 49.8 Å². The van der Waals surface area contributed by atoms with Gasteiger partial charge in [-0.05, 0) is 65.4 Å². The molecule has 3 aromatic carbocycles. The third-order valence-electron chi connectivity index (χ3n) is 5.98. The Balaban J connectivity index is 2.02. The molecule has 0 aromatic heterocycles. The molecule has 1 N–H and O–H groups in total. The molecule has 7 heteroatoms. The zero-order valence-electron chi connectivity index (χ0n) is 17.3. The van der Waals surface area contributed by atoms with Crippen molar-refractivity contribution in [3.63, 3.8) is 0 Å². The van der Waals surface area contributed by atoms with Crippen molar-refractivity contribution in [2.24, 2.45) is 0 Å². The van der Waals surface area contributed by atoms with Crippen LogP contribution >= 0.6 is 23.2 Å². The van der Waals surface area contributed by atoms with Gasteiger partial charge in [-0.2, -0.15) is 0 Å². The summed E-state index contributed by atoms with van der Waals surface area (Å²) in [5, 5.41) is 14.3. The molecule has 5 nitrogen and oxygen atoms in total. The molecular weight excluding hydrogens is 425 g/mol. The van der Waals surface area contributed by atoms with Gasteiger partial charge in [0, 0.05) is 23.9 Å². The maximum absolute atomic E-state index is 10.5. The van der Waals surface area contributed by atoms with Crippen LogP contribution in [-0.2, 0) is 6.54 Å². The van der Waals surface area contributed by atoms with Crippen molar-refractivity contribution < 1.29 is 19.3 Å². The van der Waals surface area contributed by atoms with Crippen molar-refractivity contribution in [2.75, 3.05) is 33.8 Å². The fourth-order valence-electron chi connectivity index (χ4n) is 4.42. The van der Waals surface area contributed by atoms with Gasteiger partial charge in [-0.1, -0.05) is 11.6 Å². The molecule has 0 saturated carbocycles. The number of nitrogens with zero attached hydrogens (tertiary/aromatic N) is 1. The third kappa shape index (κ3) is 3.49. The van der Waals surface area contributed by atoms with Crippen molar-refractivity contribution in [3.05, 3.63) is 34.9 Å². The lowest BCUT2D eigenvalue weighted by Gasteiger charge is -2.24. The van der Waals surface area contributed by atoms with Crippen LogP contribution in [0.15, 0.2) is 24.3 Å². The molecule has 1 heterocycles. The predicted octanol–water partition coefficient (Wildman–Crippen LogP) is 5.58. The number of benzene rings is 3. The van der Waals surface area contributed by atoms with Gasteiger partial charge < -0.3 is 19.3 Å². The van der Waals surface area contributed by atoms with Crippen LogP contribution in [0.5, 0.6) is 23.0 Å². The van der Waals surface area contributed by atoms with Crippen LogP contribution in [0.3, 0.4) is 0 Å². The summed E-state index contributed by atoms with van der Waals surface area (Å²) in [4.78, 5) is 2.42. The highest BCUT2D eigenvalue weighted by Crippen LogP contribution is 2.46.